The number of carbonyl (C=O) groups is 1. The quantitative estimate of drug-likeness (QED) is 0.769. The molecule has 0 aromatic carbocycles. The third-order valence-electron chi connectivity index (χ3n) is 4.39. The van der Waals surface area contributed by atoms with Gasteiger partial charge in [-0.1, -0.05) is 0 Å². The first-order chi connectivity index (χ1) is 9.62. The Kier molecular flexibility index (Phi) is 3.33. The normalized spacial score (nSPS) is 30.4. The van der Waals surface area contributed by atoms with Crippen molar-refractivity contribution >= 4 is 11.7 Å². The highest BCUT2D eigenvalue weighted by Gasteiger charge is 2.50. The zero-order chi connectivity index (χ0) is 14.2. The van der Waals surface area contributed by atoms with Gasteiger partial charge in [-0.2, -0.15) is 0 Å². The number of amides is 1. The lowest BCUT2D eigenvalue weighted by Crippen LogP contribution is -2.61. The van der Waals surface area contributed by atoms with E-state index in [2.05, 4.69) is 20.2 Å². The van der Waals surface area contributed by atoms with E-state index in [1.165, 1.54) is 0 Å². The third kappa shape index (κ3) is 2.14. The number of piperidine rings is 2. The average Bonchev–Trinajstić information content (AvgIpc) is 2.45. The zero-order valence-corrected chi connectivity index (χ0v) is 11.7. The molecule has 1 aromatic rings. The molecule has 2 saturated heterocycles. The molecule has 1 aromatic heterocycles. The number of nitrogens with one attached hydrogen (secondary N) is 1. The molecule has 2 aliphatic rings. The van der Waals surface area contributed by atoms with Gasteiger partial charge in [0, 0.05) is 25.8 Å². The summed E-state index contributed by atoms with van der Waals surface area (Å²) in [5, 5.41) is 13.2. The molecule has 3 heterocycles. The number of aryl methyl sites for hydroxylation is 1. The number of hydrogen-bond acceptors (Lipinski definition) is 5. The van der Waals surface area contributed by atoms with Crippen molar-refractivity contribution in [1.29, 1.82) is 0 Å². The van der Waals surface area contributed by atoms with Gasteiger partial charge in [-0.3, -0.25) is 9.78 Å². The van der Waals surface area contributed by atoms with Gasteiger partial charge in [0.15, 0.2) is 0 Å². The molecular formula is C14H20N4O2. The predicted octanol–water partition coefficient (Wildman–Crippen LogP) is 0.252. The van der Waals surface area contributed by atoms with Gasteiger partial charge in [-0.15, -0.1) is 0 Å². The van der Waals surface area contributed by atoms with Crippen molar-refractivity contribution < 1.29 is 9.90 Å². The van der Waals surface area contributed by atoms with E-state index < -0.39 is 11.5 Å². The van der Waals surface area contributed by atoms with Gasteiger partial charge in [0.05, 0.1) is 23.4 Å². The Bertz CT molecular complexity index is 522. The maximum absolute atomic E-state index is 12.3. The van der Waals surface area contributed by atoms with E-state index in [-0.39, 0.29) is 5.91 Å². The Hall–Kier alpha value is -1.69. The maximum atomic E-state index is 12.3. The van der Waals surface area contributed by atoms with Crippen molar-refractivity contribution in [2.75, 3.05) is 24.5 Å². The molecule has 1 amide bonds. The monoisotopic (exact) mass is 276 g/mol. The molecule has 0 bridgehead atoms. The molecule has 1 spiro atoms. The summed E-state index contributed by atoms with van der Waals surface area (Å²) in [6.45, 7) is 3.82. The summed E-state index contributed by atoms with van der Waals surface area (Å²) < 4.78 is 0. The van der Waals surface area contributed by atoms with Gasteiger partial charge in [0.25, 0.3) is 0 Å². The molecule has 6 nitrogen and oxygen atoms in total. The van der Waals surface area contributed by atoms with Crippen LogP contribution in [0.5, 0.6) is 0 Å². The molecule has 108 valence electrons. The molecule has 3 rings (SSSR count). The summed E-state index contributed by atoms with van der Waals surface area (Å²) in [4.78, 5) is 23.0. The van der Waals surface area contributed by atoms with Crippen LogP contribution in [0.4, 0.5) is 5.82 Å². The zero-order valence-electron chi connectivity index (χ0n) is 11.7. The van der Waals surface area contributed by atoms with E-state index in [9.17, 15) is 9.90 Å². The minimum Gasteiger partial charge on any atom is -0.392 e. The minimum absolute atomic E-state index is 0.0263. The van der Waals surface area contributed by atoms with Crippen LogP contribution in [0.3, 0.4) is 0 Å². The molecule has 0 unspecified atom stereocenters. The van der Waals surface area contributed by atoms with E-state index in [1.54, 1.807) is 12.4 Å². The van der Waals surface area contributed by atoms with Gasteiger partial charge in [-0.25, -0.2) is 4.98 Å². The number of anilines is 1. The second-order valence-electron chi connectivity index (χ2n) is 5.76. The van der Waals surface area contributed by atoms with Gasteiger partial charge in [0.1, 0.15) is 5.82 Å². The lowest BCUT2D eigenvalue weighted by atomic mass is 9.71. The van der Waals surface area contributed by atoms with Crippen molar-refractivity contribution in [2.45, 2.75) is 32.3 Å². The number of aliphatic hydroxyl groups excluding tert-OH is 1. The van der Waals surface area contributed by atoms with Crippen molar-refractivity contribution in [3.05, 3.63) is 18.1 Å². The molecule has 20 heavy (non-hydrogen) atoms. The first-order valence-corrected chi connectivity index (χ1v) is 7.12. The molecule has 6 heteroatoms. The van der Waals surface area contributed by atoms with Crippen LogP contribution in [0.15, 0.2) is 12.4 Å². The maximum Gasteiger partial charge on any atom is 0.230 e. The standard InChI is InChI=1S/C14H20N4O2/c1-10-7-15-8-12(17-10)18-6-3-11(19)14(9-18)4-2-5-16-13(14)20/h7-8,11,19H,2-6,9H2,1H3,(H,16,20)/t11-,14-/m1/s1. The first kappa shape index (κ1) is 13.3. The minimum atomic E-state index is -0.693. The molecule has 2 atom stereocenters. The summed E-state index contributed by atoms with van der Waals surface area (Å²) in [6.07, 6.45) is 5.09. The highest BCUT2D eigenvalue weighted by Crippen LogP contribution is 2.38. The highest BCUT2D eigenvalue weighted by atomic mass is 16.3. The fourth-order valence-corrected chi connectivity index (χ4v) is 3.24. The van der Waals surface area contributed by atoms with Crippen LogP contribution in [0.2, 0.25) is 0 Å². The molecule has 0 aliphatic carbocycles. The van der Waals surface area contributed by atoms with Crippen LogP contribution < -0.4 is 10.2 Å². The topological polar surface area (TPSA) is 78.4 Å². The van der Waals surface area contributed by atoms with Crippen LogP contribution in [0.1, 0.15) is 25.0 Å². The largest absolute Gasteiger partial charge is 0.392 e. The number of aliphatic hydroxyl groups is 1. The molecule has 2 N–H and O–H groups in total. The molecule has 0 saturated carbocycles. The molecule has 2 fully saturated rings. The van der Waals surface area contributed by atoms with E-state index in [1.807, 2.05) is 6.92 Å². The van der Waals surface area contributed by atoms with Gasteiger partial charge < -0.3 is 15.3 Å². The van der Waals surface area contributed by atoms with E-state index in [0.29, 0.717) is 26.1 Å². The van der Waals surface area contributed by atoms with Crippen LogP contribution in [0, 0.1) is 12.3 Å². The smallest absolute Gasteiger partial charge is 0.230 e. The Morgan fingerprint density at radius 1 is 1.50 bits per heavy atom. The molecule has 2 aliphatic heterocycles. The summed E-state index contributed by atoms with van der Waals surface area (Å²) in [6, 6.07) is 0. The van der Waals surface area contributed by atoms with Crippen molar-refractivity contribution in [1.82, 2.24) is 15.3 Å². The van der Waals surface area contributed by atoms with Crippen molar-refractivity contribution in [3.63, 3.8) is 0 Å². The van der Waals surface area contributed by atoms with E-state index >= 15 is 0 Å². The Morgan fingerprint density at radius 2 is 2.35 bits per heavy atom. The van der Waals surface area contributed by atoms with Gasteiger partial charge in [0.2, 0.25) is 5.91 Å². The number of rotatable bonds is 1. The van der Waals surface area contributed by atoms with Crippen LogP contribution in [0.25, 0.3) is 0 Å². The SMILES string of the molecule is Cc1cncc(N2CC[C@@H](O)[C@@]3(CCCNC3=O)C2)n1. The summed E-state index contributed by atoms with van der Waals surface area (Å²) in [5.74, 6) is 0.760. The highest BCUT2D eigenvalue weighted by molar-refractivity contribution is 5.85. The predicted molar refractivity (Wildman–Crippen MR) is 74.3 cm³/mol. The number of carbonyl (C=O) groups excluding carboxylic acids is 1. The number of nitrogens with zero attached hydrogens (tertiary/aromatic N) is 3. The Morgan fingerprint density at radius 3 is 3.10 bits per heavy atom. The fraction of sp³-hybridized carbons (Fsp3) is 0.643. The summed E-state index contributed by atoms with van der Waals surface area (Å²) in [7, 11) is 0. The molecule has 0 radical (unpaired) electrons. The second kappa shape index (κ2) is 5.01. The van der Waals surface area contributed by atoms with Crippen LogP contribution in [-0.4, -0.2) is 46.7 Å². The number of hydrogen-bond donors (Lipinski definition) is 2. The van der Waals surface area contributed by atoms with Crippen molar-refractivity contribution in [3.8, 4) is 0 Å². The number of aromatic nitrogens is 2. The lowest BCUT2D eigenvalue weighted by Gasteiger charge is -2.47. The van der Waals surface area contributed by atoms with Gasteiger partial charge >= 0.3 is 0 Å². The van der Waals surface area contributed by atoms with E-state index in [4.69, 9.17) is 0 Å². The lowest BCUT2D eigenvalue weighted by molar-refractivity contribution is -0.142. The van der Waals surface area contributed by atoms with E-state index in [0.717, 1.165) is 24.4 Å². The Balaban J connectivity index is 1.88. The Labute approximate surface area is 118 Å². The summed E-state index contributed by atoms with van der Waals surface area (Å²) >= 11 is 0. The third-order valence-corrected chi connectivity index (χ3v) is 4.39. The van der Waals surface area contributed by atoms with Crippen molar-refractivity contribution in [2.24, 2.45) is 5.41 Å². The average molecular weight is 276 g/mol. The summed E-state index contributed by atoms with van der Waals surface area (Å²) in [5.41, 5.74) is 0.165. The second-order valence-corrected chi connectivity index (χ2v) is 5.76. The van der Waals surface area contributed by atoms with Crippen LogP contribution >= 0.6 is 0 Å². The first-order valence-electron chi connectivity index (χ1n) is 7.12. The molecular weight excluding hydrogens is 256 g/mol. The van der Waals surface area contributed by atoms with Gasteiger partial charge in [-0.05, 0) is 26.2 Å². The van der Waals surface area contributed by atoms with Crippen LogP contribution in [-0.2, 0) is 4.79 Å². The fourth-order valence-electron chi connectivity index (χ4n) is 3.24.